The quantitative estimate of drug-likeness (QED) is 0.818. The minimum atomic E-state index is 0.262. The van der Waals surface area contributed by atoms with Crippen LogP contribution in [0.1, 0.15) is 5.69 Å². The molecule has 0 unspecified atom stereocenters. The second-order valence-corrected chi connectivity index (χ2v) is 5.25. The maximum absolute atomic E-state index is 9.16. The highest BCUT2D eigenvalue weighted by Crippen LogP contribution is 2.21. The molecule has 3 nitrogen and oxygen atoms in total. The topological polar surface area (TPSA) is 45.1 Å². The molecule has 88 valence electrons. The normalized spacial score (nSPS) is 10.2. The Hall–Kier alpha value is -1.07. The first-order chi connectivity index (χ1) is 8.15. The van der Waals surface area contributed by atoms with Crippen LogP contribution in [0, 0.1) is 0 Å². The van der Waals surface area contributed by atoms with E-state index in [9.17, 15) is 0 Å². The minimum Gasteiger partial charge on any atom is -0.508 e. The molecule has 0 fully saturated rings. The third-order valence-corrected chi connectivity index (χ3v) is 3.33. The number of phenols is 1. The Labute approximate surface area is 116 Å². The summed E-state index contributed by atoms with van der Waals surface area (Å²) in [6.45, 7) is 0.624. The molecule has 0 atom stereocenters. The molecule has 0 aliphatic carbocycles. The molecule has 0 spiro atoms. The van der Waals surface area contributed by atoms with Crippen molar-refractivity contribution in [2.45, 2.75) is 6.54 Å². The standard InChI is InChI=1S/C12H10Br2N2O/c13-8-5-11(14)12(16-6-8)7-15-9-1-3-10(17)4-2-9/h1-6,15,17H,7H2. The van der Waals surface area contributed by atoms with Crippen molar-refractivity contribution in [3.05, 3.63) is 51.2 Å². The van der Waals surface area contributed by atoms with Gasteiger partial charge in [0.2, 0.25) is 0 Å². The van der Waals surface area contributed by atoms with Crippen molar-refractivity contribution in [3.63, 3.8) is 0 Å². The summed E-state index contributed by atoms with van der Waals surface area (Å²) < 4.78 is 1.90. The van der Waals surface area contributed by atoms with Gasteiger partial charge in [-0.25, -0.2) is 0 Å². The number of nitrogens with one attached hydrogen (secondary N) is 1. The van der Waals surface area contributed by atoms with Gasteiger partial charge in [0.05, 0.1) is 12.2 Å². The van der Waals surface area contributed by atoms with Crippen LogP contribution in [-0.2, 0) is 6.54 Å². The Kier molecular flexibility index (Phi) is 4.02. The van der Waals surface area contributed by atoms with Crippen molar-refractivity contribution < 1.29 is 5.11 Å². The molecule has 5 heteroatoms. The summed E-state index contributed by atoms with van der Waals surface area (Å²) in [5.41, 5.74) is 1.88. The summed E-state index contributed by atoms with van der Waals surface area (Å²) >= 11 is 6.82. The Morgan fingerprint density at radius 3 is 2.53 bits per heavy atom. The van der Waals surface area contributed by atoms with E-state index >= 15 is 0 Å². The number of phenolic OH excluding ortho intramolecular Hbond substituents is 1. The van der Waals surface area contributed by atoms with Crippen molar-refractivity contribution >= 4 is 37.5 Å². The molecule has 1 heterocycles. The largest absolute Gasteiger partial charge is 0.508 e. The lowest BCUT2D eigenvalue weighted by atomic mass is 10.3. The van der Waals surface area contributed by atoms with Gasteiger partial charge in [-0.15, -0.1) is 0 Å². The van der Waals surface area contributed by atoms with E-state index in [4.69, 9.17) is 5.11 Å². The number of halogens is 2. The first kappa shape index (κ1) is 12.4. The zero-order chi connectivity index (χ0) is 12.3. The van der Waals surface area contributed by atoms with Crippen molar-refractivity contribution in [1.82, 2.24) is 4.98 Å². The summed E-state index contributed by atoms with van der Waals surface area (Å²) in [7, 11) is 0. The highest BCUT2D eigenvalue weighted by Gasteiger charge is 2.02. The van der Waals surface area contributed by atoms with E-state index in [1.165, 1.54) is 0 Å². The number of benzene rings is 1. The number of aromatic hydroxyl groups is 1. The van der Waals surface area contributed by atoms with Gasteiger partial charge in [0.15, 0.2) is 0 Å². The molecule has 0 saturated carbocycles. The smallest absolute Gasteiger partial charge is 0.115 e. The van der Waals surface area contributed by atoms with Crippen LogP contribution in [0.2, 0.25) is 0 Å². The van der Waals surface area contributed by atoms with Gasteiger partial charge >= 0.3 is 0 Å². The summed E-state index contributed by atoms with van der Waals surface area (Å²) in [4.78, 5) is 4.30. The molecule has 0 radical (unpaired) electrons. The molecule has 0 aliphatic heterocycles. The third-order valence-electron chi connectivity index (χ3n) is 2.21. The zero-order valence-corrected chi connectivity index (χ0v) is 12.0. The SMILES string of the molecule is Oc1ccc(NCc2ncc(Br)cc2Br)cc1. The Bertz CT molecular complexity index is 514. The van der Waals surface area contributed by atoms with Gasteiger partial charge < -0.3 is 10.4 Å². The van der Waals surface area contributed by atoms with Crippen LogP contribution in [0.15, 0.2) is 45.5 Å². The van der Waals surface area contributed by atoms with E-state index in [0.717, 1.165) is 20.3 Å². The number of anilines is 1. The number of nitrogens with zero attached hydrogens (tertiary/aromatic N) is 1. The lowest BCUT2D eigenvalue weighted by Crippen LogP contribution is -2.02. The Morgan fingerprint density at radius 2 is 1.88 bits per heavy atom. The van der Waals surface area contributed by atoms with Crippen LogP contribution in [0.5, 0.6) is 5.75 Å². The fraction of sp³-hybridized carbons (Fsp3) is 0.0833. The average molecular weight is 358 g/mol. The highest BCUT2D eigenvalue weighted by atomic mass is 79.9. The highest BCUT2D eigenvalue weighted by molar-refractivity contribution is 9.11. The van der Waals surface area contributed by atoms with Crippen LogP contribution >= 0.6 is 31.9 Å². The lowest BCUT2D eigenvalue weighted by Gasteiger charge is -2.07. The van der Waals surface area contributed by atoms with Gasteiger partial charge in [-0.3, -0.25) is 4.98 Å². The molecule has 0 amide bonds. The van der Waals surface area contributed by atoms with Gasteiger partial charge in [-0.05, 0) is 62.2 Å². The molecular weight excluding hydrogens is 348 g/mol. The second-order valence-electron chi connectivity index (χ2n) is 3.48. The van der Waals surface area contributed by atoms with Crippen LogP contribution in [0.4, 0.5) is 5.69 Å². The Balaban J connectivity index is 2.04. The maximum atomic E-state index is 9.16. The van der Waals surface area contributed by atoms with Gasteiger partial charge in [0.1, 0.15) is 5.75 Å². The summed E-state index contributed by atoms with van der Waals surface area (Å²) in [6.07, 6.45) is 1.76. The zero-order valence-electron chi connectivity index (χ0n) is 8.82. The van der Waals surface area contributed by atoms with E-state index in [0.29, 0.717) is 6.54 Å². The number of pyridine rings is 1. The van der Waals surface area contributed by atoms with Gasteiger partial charge in [0.25, 0.3) is 0 Å². The van der Waals surface area contributed by atoms with Gasteiger partial charge in [-0.2, -0.15) is 0 Å². The summed E-state index contributed by atoms with van der Waals surface area (Å²) in [5.74, 6) is 0.262. The maximum Gasteiger partial charge on any atom is 0.115 e. The lowest BCUT2D eigenvalue weighted by molar-refractivity contribution is 0.475. The van der Waals surface area contributed by atoms with E-state index in [1.807, 2.05) is 18.2 Å². The number of hydrogen-bond acceptors (Lipinski definition) is 3. The number of hydrogen-bond donors (Lipinski definition) is 2. The minimum absolute atomic E-state index is 0.262. The number of rotatable bonds is 3. The molecule has 1 aromatic carbocycles. The number of aromatic nitrogens is 1. The predicted octanol–water partition coefficient (Wildman–Crippen LogP) is 3.92. The van der Waals surface area contributed by atoms with E-state index in [-0.39, 0.29) is 5.75 Å². The molecule has 1 aromatic heterocycles. The monoisotopic (exact) mass is 356 g/mol. The molecule has 2 rings (SSSR count). The Morgan fingerprint density at radius 1 is 1.18 bits per heavy atom. The van der Waals surface area contributed by atoms with Crippen molar-refractivity contribution in [1.29, 1.82) is 0 Å². The summed E-state index contributed by atoms with van der Waals surface area (Å²) in [5, 5.41) is 12.4. The fourth-order valence-electron chi connectivity index (χ4n) is 1.34. The molecule has 2 aromatic rings. The third kappa shape index (κ3) is 3.44. The van der Waals surface area contributed by atoms with Crippen molar-refractivity contribution in [2.75, 3.05) is 5.32 Å². The second kappa shape index (κ2) is 5.51. The van der Waals surface area contributed by atoms with Crippen LogP contribution in [0.25, 0.3) is 0 Å². The first-order valence-electron chi connectivity index (χ1n) is 4.98. The molecule has 0 bridgehead atoms. The fourth-order valence-corrected chi connectivity index (χ4v) is 2.47. The van der Waals surface area contributed by atoms with E-state index in [1.54, 1.807) is 18.3 Å². The van der Waals surface area contributed by atoms with Crippen molar-refractivity contribution in [3.8, 4) is 5.75 Å². The van der Waals surface area contributed by atoms with Gasteiger partial charge in [0, 0.05) is 20.8 Å². The first-order valence-corrected chi connectivity index (χ1v) is 6.56. The van der Waals surface area contributed by atoms with E-state index in [2.05, 4.69) is 42.2 Å². The van der Waals surface area contributed by atoms with Crippen molar-refractivity contribution in [2.24, 2.45) is 0 Å². The van der Waals surface area contributed by atoms with Crippen LogP contribution < -0.4 is 5.32 Å². The molecule has 0 saturated heterocycles. The molecule has 2 N–H and O–H groups in total. The van der Waals surface area contributed by atoms with E-state index < -0.39 is 0 Å². The average Bonchev–Trinajstić information content (AvgIpc) is 2.30. The van der Waals surface area contributed by atoms with Crippen LogP contribution in [0.3, 0.4) is 0 Å². The molecule has 17 heavy (non-hydrogen) atoms. The predicted molar refractivity (Wildman–Crippen MR) is 75.1 cm³/mol. The molecular formula is C12H10Br2N2O. The summed E-state index contributed by atoms with van der Waals surface area (Å²) in [6, 6.07) is 8.89. The van der Waals surface area contributed by atoms with Crippen LogP contribution in [-0.4, -0.2) is 10.1 Å². The van der Waals surface area contributed by atoms with Gasteiger partial charge in [-0.1, -0.05) is 0 Å². The molecule has 0 aliphatic rings.